The summed E-state index contributed by atoms with van der Waals surface area (Å²) in [6.07, 6.45) is 3.73. The Balaban J connectivity index is 4.76. The van der Waals surface area contributed by atoms with E-state index in [9.17, 15) is 9.59 Å². The molecule has 4 heteroatoms. The van der Waals surface area contributed by atoms with E-state index in [0.717, 1.165) is 25.0 Å². The van der Waals surface area contributed by atoms with E-state index in [0.29, 0.717) is 0 Å². The fourth-order valence-electron chi connectivity index (χ4n) is 1.49. The second-order valence-corrected chi connectivity index (χ2v) is 3.93. The van der Waals surface area contributed by atoms with Crippen molar-refractivity contribution in [3.05, 3.63) is 12.2 Å². The maximum absolute atomic E-state index is 11.8. The third-order valence-corrected chi connectivity index (χ3v) is 2.75. The van der Waals surface area contributed by atoms with Gasteiger partial charge in [-0.3, -0.25) is 4.79 Å². The molecule has 0 aromatic heterocycles. The van der Waals surface area contributed by atoms with E-state index in [4.69, 9.17) is 5.11 Å². The Kier molecular flexibility index (Phi) is 6.46. The minimum Gasteiger partial charge on any atom is -0.478 e. The Morgan fingerprint density at radius 2 is 1.56 bits per heavy atom. The number of rotatable bonds is 6. The zero-order valence-electron chi connectivity index (χ0n) is 10.4. The van der Waals surface area contributed by atoms with E-state index < -0.39 is 5.97 Å². The monoisotopic (exact) mass is 227 g/mol. The van der Waals surface area contributed by atoms with Crippen molar-refractivity contribution >= 4 is 11.9 Å². The van der Waals surface area contributed by atoms with Gasteiger partial charge >= 0.3 is 5.97 Å². The Morgan fingerprint density at radius 3 is 1.88 bits per heavy atom. The zero-order chi connectivity index (χ0) is 12.7. The number of hydrogen-bond donors (Lipinski definition) is 1. The van der Waals surface area contributed by atoms with E-state index in [1.807, 2.05) is 27.7 Å². The van der Waals surface area contributed by atoms with Crippen LogP contribution in [0.25, 0.3) is 0 Å². The van der Waals surface area contributed by atoms with Crippen LogP contribution in [0.4, 0.5) is 0 Å². The van der Waals surface area contributed by atoms with Crippen molar-refractivity contribution in [1.29, 1.82) is 0 Å². The first kappa shape index (κ1) is 14.7. The molecule has 0 aliphatic heterocycles. The summed E-state index contributed by atoms with van der Waals surface area (Å²) in [5, 5.41) is 8.48. The van der Waals surface area contributed by atoms with E-state index in [2.05, 4.69) is 0 Å². The number of carbonyl (C=O) groups excluding carboxylic acids is 1. The standard InChI is InChI=1S/C12H21NO3/c1-5-9(3)13(10(4)6-2)11(14)7-8-12(15)16/h7-10H,5-6H2,1-4H3,(H,15,16)/b8-7-. The van der Waals surface area contributed by atoms with Crippen LogP contribution >= 0.6 is 0 Å². The number of carboxylic acid groups (broad SMARTS) is 1. The quantitative estimate of drug-likeness (QED) is 0.706. The highest BCUT2D eigenvalue weighted by Gasteiger charge is 2.21. The molecular weight excluding hydrogens is 206 g/mol. The van der Waals surface area contributed by atoms with E-state index >= 15 is 0 Å². The molecule has 0 radical (unpaired) electrons. The Labute approximate surface area is 96.9 Å². The smallest absolute Gasteiger partial charge is 0.328 e. The van der Waals surface area contributed by atoms with Crippen LogP contribution in [-0.2, 0) is 9.59 Å². The fourth-order valence-corrected chi connectivity index (χ4v) is 1.49. The first-order valence-electron chi connectivity index (χ1n) is 5.67. The summed E-state index contributed by atoms with van der Waals surface area (Å²) >= 11 is 0. The molecule has 0 aliphatic rings. The maximum Gasteiger partial charge on any atom is 0.328 e. The predicted octanol–water partition coefficient (Wildman–Crippen LogP) is 2.05. The molecule has 0 aromatic rings. The second kappa shape index (κ2) is 7.04. The SMILES string of the molecule is CCC(C)N(C(=O)/C=C\C(=O)O)C(C)CC. The number of amides is 1. The molecule has 4 nitrogen and oxygen atoms in total. The largest absolute Gasteiger partial charge is 0.478 e. The van der Waals surface area contributed by atoms with Gasteiger partial charge in [0.15, 0.2) is 0 Å². The van der Waals surface area contributed by atoms with Crippen LogP contribution in [0.3, 0.4) is 0 Å². The summed E-state index contributed by atoms with van der Waals surface area (Å²) in [5.41, 5.74) is 0. The Hall–Kier alpha value is -1.32. The summed E-state index contributed by atoms with van der Waals surface area (Å²) in [6.45, 7) is 7.96. The molecule has 0 heterocycles. The molecule has 0 saturated heterocycles. The maximum atomic E-state index is 11.8. The molecule has 0 aliphatic carbocycles. The van der Waals surface area contributed by atoms with Crippen molar-refractivity contribution in [3.8, 4) is 0 Å². The lowest BCUT2D eigenvalue weighted by atomic mass is 10.1. The first-order chi connectivity index (χ1) is 7.43. The topological polar surface area (TPSA) is 57.6 Å². The normalized spacial score (nSPS) is 14.8. The minimum atomic E-state index is -1.10. The van der Waals surface area contributed by atoms with Gasteiger partial charge in [0.2, 0.25) is 5.91 Å². The number of aliphatic carboxylic acids is 1. The third kappa shape index (κ3) is 4.47. The van der Waals surface area contributed by atoms with Crippen LogP contribution in [0.5, 0.6) is 0 Å². The van der Waals surface area contributed by atoms with E-state index in [1.165, 1.54) is 0 Å². The highest BCUT2D eigenvalue weighted by atomic mass is 16.4. The molecule has 1 N–H and O–H groups in total. The van der Waals surface area contributed by atoms with Gasteiger partial charge in [0.1, 0.15) is 0 Å². The van der Waals surface area contributed by atoms with Gasteiger partial charge in [-0.1, -0.05) is 13.8 Å². The van der Waals surface area contributed by atoms with E-state index in [-0.39, 0.29) is 18.0 Å². The van der Waals surface area contributed by atoms with Crippen molar-refractivity contribution in [1.82, 2.24) is 4.90 Å². The van der Waals surface area contributed by atoms with Crippen LogP contribution < -0.4 is 0 Å². The van der Waals surface area contributed by atoms with Gasteiger partial charge in [-0.15, -0.1) is 0 Å². The average Bonchev–Trinajstić information content (AvgIpc) is 2.25. The molecule has 0 spiro atoms. The molecule has 0 fully saturated rings. The van der Waals surface area contributed by atoms with Crippen molar-refractivity contribution in [2.24, 2.45) is 0 Å². The van der Waals surface area contributed by atoms with Crippen LogP contribution in [0.1, 0.15) is 40.5 Å². The van der Waals surface area contributed by atoms with Crippen LogP contribution in [0.15, 0.2) is 12.2 Å². The molecule has 0 rings (SSSR count). The molecule has 0 saturated carbocycles. The number of carbonyl (C=O) groups is 2. The highest BCUT2D eigenvalue weighted by molar-refractivity contribution is 5.94. The van der Waals surface area contributed by atoms with Gasteiger partial charge in [-0.25, -0.2) is 4.79 Å². The van der Waals surface area contributed by atoms with Crippen molar-refractivity contribution in [3.63, 3.8) is 0 Å². The summed E-state index contributed by atoms with van der Waals surface area (Å²) in [5.74, 6) is -1.33. The first-order valence-corrected chi connectivity index (χ1v) is 5.67. The van der Waals surface area contributed by atoms with Crippen molar-refractivity contribution in [2.45, 2.75) is 52.6 Å². The zero-order valence-corrected chi connectivity index (χ0v) is 10.4. The second-order valence-electron chi connectivity index (χ2n) is 3.93. The average molecular weight is 227 g/mol. The van der Waals surface area contributed by atoms with Crippen LogP contribution in [0.2, 0.25) is 0 Å². The molecule has 0 aromatic carbocycles. The van der Waals surface area contributed by atoms with Gasteiger partial charge in [0.05, 0.1) is 0 Å². The molecule has 0 bridgehead atoms. The molecule has 16 heavy (non-hydrogen) atoms. The van der Waals surface area contributed by atoms with Crippen molar-refractivity contribution < 1.29 is 14.7 Å². The van der Waals surface area contributed by atoms with Gasteiger partial charge in [-0.05, 0) is 26.7 Å². The highest BCUT2D eigenvalue weighted by Crippen LogP contribution is 2.12. The third-order valence-electron chi connectivity index (χ3n) is 2.75. The lowest BCUT2D eigenvalue weighted by molar-refractivity contribution is -0.133. The molecule has 2 unspecified atom stereocenters. The van der Waals surface area contributed by atoms with Crippen molar-refractivity contribution in [2.75, 3.05) is 0 Å². The van der Waals surface area contributed by atoms with Gasteiger partial charge in [-0.2, -0.15) is 0 Å². The Bertz CT molecular complexity index is 263. The van der Waals surface area contributed by atoms with Crippen LogP contribution in [-0.4, -0.2) is 34.0 Å². The van der Waals surface area contributed by atoms with Gasteiger partial charge in [0.25, 0.3) is 0 Å². The Morgan fingerprint density at radius 1 is 1.12 bits per heavy atom. The summed E-state index contributed by atoms with van der Waals surface area (Å²) in [4.78, 5) is 23.9. The van der Waals surface area contributed by atoms with Crippen LogP contribution in [0, 0.1) is 0 Å². The van der Waals surface area contributed by atoms with Gasteiger partial charge in [0, 0.05) is 24.2 Å². The molecule has 1 amide bonds. The number of carboxylic acids is 1. The fraction of sp³-hybridized carbons (Fsp3) is 0.667. The van der Waals surface area contributed by atoms with Gasteiger partial charge < -0.3 is 10.0 Å². The molecular formula is C12H21NO3. The lowest BCUT2D eigenvalue weighted by Gasteiger charge is -2.33. The minimum absolute atomic E-state index is 0.126. The van der Waals surface area contributed by atoms with E-state index in [1.54, 1.807) is 4.90 Å². The summed E-state index contributed by atoms with van der Waals surface area (Å²) in [7, 11) is 0. The summed E-state index contributed by atoms with van der Waals surface area (Å²) in [6, 6.07) is 0.252. The summed E-state index contributed by atoms with van der Waals surface area (Å²) < 4.78 is 0. The predicted molar refractivity (Wildman–Crippen MR) is 63.1 cm³/mol. The lowest BCUT2D eigenvalue weighted by Crippen LogP contribution is -2.43. The molecule has 92 valence electrons. The number of hydrogen-bond acceptors (Lipinski definition) is 2. The number of nitrogens with zero attached hydrogens (tertiary/aromatic N) is 1. The molecule has 2 atom stereocenters.